The van der Waals surface area contributed by atoms with Crippen LogP contribution in [0.2, 0.25) is 0 Å². The van der Waals surface area contributed by atoms with Crippen LogP contribution in [0.5, 0.6) is 0 Å². The summed E-state index contributed by atoms with van der Waals surface area (Å²) in [4.78, 5) is 0. The Kier molecular flexibility index (Phi) is 2.28. The van der Waals surface area contributed by atoms with Crippen molar-refractivity contribution in [1.29, 1.82) is 0 Å². The van der Waals surface area contributed by atoms with Crippen LogP contribution in [0.15, 0.2) is 48.5 Å². The van der Waals surface area contributed by atoms with E-state index in [1.54, 1.807) is 0 Å². The van der Waals surface area contributed by atoms with Gasteiger partial charge in [-0.2, -0.15) is 0 Å². The first-order chi connectivity index (χ1) is 9.31. The van der Waals surface area contributed by atoms with Crippen LogP contribution in [0, 0.1) is 0 Å². The number of nitrogen functional groups attached to an aromatic ring is 1. The molecule has 0 aromatic heterocycles. The van der Waals surface area contributed by atoms with Crippen molar-refractivity contribution < 1.29 is 0 Å². The second kappa shape index (κ2) is 3.99. The van der Waals surface area contributed by atoms with E-state index in [1.807, 2.05) is 6.07 Å². The maximum atomic E-state index is 5.86. The monoisotopic (exact) mass is 247 g/mol. The molecule has 0 saturated carbocycles. The number of nitrogens with two attached hydrogens (primary N) is 1. The predicted molar refractivity (Wildman–Crippen MR) is 80.0 cm³/mol. The number of anilines is 1. The molecule has 0 radical (unpaired) electrons. The number of allylic oxidation sites excluding steroid dienone is 2. The normalized spacial score (nSPS) is 21.9. The molecule has 0 fully saturated rings. The molecule has 2 aromatic carbocycles. The molecule has 0 saturated heterocycles. The van der Waals surface area contributed by atoms with Crippen molar-refractivity contribution in [3.63, 3.8) is 0 Å². The molecule has 2 aromatic rings. The first-order valence-electron chi connectivity index (χ1n) is 6.98. The van der Waals surface area contributed by atoms with Crippen LogP contribution in [-0.2, 0) is 12.8 Å². The summed E-state index contributed by atoms with van der Waals surface area (Å²) in [5.74, 6) is 0.620. The minimum atomic E-state index is 0.620. The molecule has 1 heteroatoms. The standard InChI is InChI=1S/C18H17N/c19-16-7-8-18-13(5-6-14(18)11-16)10-15-9-12-3-1-2-4-17(12)15/h1-4,7-8,10-11,15H,5-6,9,19H2. The first-order valence-corrected chi connectivity index (χ1v) is 6.98. The van der Waals surface area contributed by atoms with Crippen molar-refractivity contribution in [3.8, 4) is 0 Å². The zero-order valence-electron chi connectivity index (χ0n) is 10.9. The Morgan fingerprint density at radius 1 is 1.00 bits per heavy atom. The smallest absolute Gasteiger partial charge is 0.0317 e. The highest BCUT2D eigenvalue weighted by atomic mass is 14.5. The van der Waals surface area contributed by atoms with Crippen LogP contribution in [-0.4, -0.2) is 0 Å². The maximum absolute atomic E-state index is 5.86. The number of aryl methyl sites for hydroxylation is 1. The second-order valence-corrected chi connectivity index (χ2v) is 5.62. The summed E-state index contributed by atoms with van der Waals surface area (Å²) in [5, 5.41) is 0. The summed E-state index contributed by atoms with van der Waals surface area (Å²) in [6.07, 6.45) is 5.98. The molecular weight excluding hydrogens is 230 g/mol. The highest BCUT2D eigenvalue weighted by molar-refractivity contribution is 5.75. The number of rotatable bonds is 1. The lowest BCUT2D eigenvalue weighted by molar-refractivity contribution is 0.732. The van der Waals surface area contributed by atoms with E-state index in [9.17, 15) is 0 Å². The van der Waals surface area contributed by atoms with Crippen molar-refractivity contribution in [3.05, 3.63) is 70.8 Å². The van der Waals surface area contributed by atoms with Gasteiger partial charge in [-0.1, -0.05) is 36.4 Å². The lowest BCUT2D eigenvalue weighted by atomic mass is 9.76. The number of hydrogen-bond acceptors (Lipinski definition) is 1. The number of benzene rings is 2. The molecule has 1 nitrogen and oxygen atoms in total. The fraction of sp³-hybridized carbons (Fsp3) is 0.222. The van der Waals surface area contributed by atoms with Crippen LogP contribution in [0.3, 0.4) is 0 Å². The zero-order chi connectivity index (χ0) is 12.8. The summed E-state index contributed by atoms with van der Waals surface area (Å²) in [7, 11) is 0. The summed E-state index contributed by atoms with van der Waals surface area (Å²) in [6, 6.07) is 15.1. The van der Waals surface area contributed by atoms with Crippen molar-refractivity contribution in [2.45, 2.75) is 25.2 Å². The van der Waals surface area contributed by atoms with Gasteiger partial charge in [0, 0.05) is 11.6 Å². The van der Waals surface area contributed by atoms with E-state index in [2.05, 4.69) is 42.5 Å². The van der Waals surface area contributed by atoms with Crippen LogP contribution >= 0.6 is 0 Å². The van der Waals surface area contributed by atoms with E-state index in [0.29, 0.717) is 5.92 Å². The Morgan fingerprint density at radius 2 is 1.89 bits per heavy atom. The van der Waals surface area contributed by atoms with Gasteiger partial charge in [0.1, 0.15) is 0 Å². The average molecular weight is 247 g/mol. The third-order valence-electron chi connectivity index (χ3n) is 4.44. The van der Waals surface area contributed by atoms with Gasteiger partial charge in [0.2, 0.25) is 0 Å². The Hall–Kier alpha value is -2.02. The van der Waals surface area contributed by atoms with Gasteiger partial charge in [-0.15, -0.1) is 0 Å². The largest absolute Gasteiger partial charge is 0.399 e. The third-order valence-corrected chi connectivity index (χ3v) is 4.44. The average Bonchev–Trinajstić information content (AvgIpc) is 2.78. The molecule has 0 aliphatic heterocycles. The van der Waals surface area contributed by atoms with Crippen molar-refractivity contribution in [1.82, 2.24) is 0 Å². The Morgan fingerprint density at radius 3 is 2.79 bits per heavy atom. The summed E-state index contributed by atoms with van der Waals surface area (Å²) < 4.78 is 0. The van der Waals surface area contributed by atoms with Gasteiger partial charge in [0.15, 0.2) is 0 Å². The minimum absolute atomic E-state index is 0.620. The molecule has 94 valence electrons. The van der Waals surface area contributed by atoms with Crippen molar-refractivity contribution >= 4 is 11.3 Å². The fourth-order valence-corrected chi connectivity index (χ4v) is 3.40. The van der Waals surface area contributed by atoms with Gasteiger partial charge in [0.25, 0.3) is 0 Å². The third kappa shape index (κ3) is 1.69. The molecule has 2 aliphatic carbocycles. The SMILES string of the molecule is Nc1ccc2c(c1)CCC2=CC1Cc2ccccc21. The van der Waals surface area contributed by atoms with Gasteiger partial charge in [-0.05, 0) is 59.2 Å². The summed E-state index contributed by atoms with van der Waals surface area (Å²) in [6.45, 7) is 0. The topological polar surface area (TPSA) is 26.0 Å². The Balaban J connectivity index is 1.68. The summed E-state index contributed by atoms with van der Waals surface area (Å²) >= 11 is 0. The molecule has 2 aliphatic rings. The van der Waals surface area contributed by atoms with Crippen LogP contribution < -0.4 is 5.73 Å². The molecule has 0 spiro atoms. The number of hydrogen-bond donors (Lipinski definition) is 1. The second-order valence-electron chi connectivity index (χ2n) is 5.62. The maximum Gasteiger partial charge on any atom is 0.0317 e. The van der Waals surface area contributed by atoms with Gasteiger partial charge in [0.05, 0.1) is 0 Å². The molecule has 0 bridgehead atoms. The zero-order valence-corrected chi connectivity index (χ0v) is 10.9. The molecule has 4 rings (SSSR count). The predicted octanol–water partition coefficient (Wildman–Crippen LogP) is 3.94. The van der Waals surface area contributed by atoms with E-state index < -0.39 is 0 Å². The van der Waals surface area contributed by atoms with Gasteiger partial charge >= 0.3 is 0 Å². The van der Waals surface area contributed by atoms with E-state index in [4.69, 9.17) is 5.73 Å². The molecule has 1 atom stereocenters. The lowest BCUT2D eigenvalue weighted by Gasteiger charge is -2.28. The van der Waals surface area contributed by atoms with Crippen LogP contribution in [0.4, 0.5) is 5.69 Å². The van der Waals surface area contributed by atoms with Crippen molar-refractivity contribution in [2.24, 2.45) is 0 Å². The molecule has 0 amide bonds. The van der Waals surface area contributed by atoms with Crippen LogP contribution in [0.25, 0.3) is 5.57 Å². The fourth-order valence-electron chi connectivity index (χ4n) is 3.40. The van der Waals surface area contributed by atoms with E-state index >= 15 is 0 Å². The number of fused-ring (bicyclic) bond motifs is 2. The van der Waals surface area contributed by atoms with E-state index in [-0.39, 0.29) is 0 Å². The van der Waals surface area contributed by atoms with Gasteiger partial charge < -0.3 is 5.73 Å². The van der Waals surface area contributed by atoms with E-state index in [0.717, 1.165) is 18.5 Å². The molecule has 1 unspecified atom stereocenters. The molecule has 19 heavy (non-hydrogen) atoms. The van der Waals surface area contributed by atoms with E-state index in [1.165, 1.54) is 34.2 Å². The molecule has 0 heterocycles. The Labute approximate surface area is 113 Å². The lowest BCUT2D eigenvalue weighted by Crippen LogP contribution is -2.14. The van der Waals surface area contributed by atoms with Gasteiger partial charge in [-0.25, -0.2) is 0 Å². The first kappa shape index (κ1) is 10.9. The summed E-state index contributed by atoms with van der Waals surface area (Å²) in [5.41, 5.74) is 14.1. The highest BCUT2D eigenvalue weighted by Gasteiger charge is 2.25. The quantitative estimate of drug-likeness (QED) is 0.759. The van der Waals surface area contributed by atoms with Crippen molar-refractivity contribution in [2.75, 3.05) is 5.73 Å². The molecule has 2 N–H and O–H groups in total. The minimum Gasteiger partial charge on any atom is -0.399 e. The highest BCUT2D eigenvalue weighted by Crippen LogP contribution is 2.41. The van der Waals surface area contributed by atoms with Crippen LogP contribution in [0.1, 0.15) is 34.6 Å². The van der Waals surface area contributed by atoms with Gasteiger partial charge in [-0.3, -0.25) is 0 Å². The Bertz CT molecular complexity index is 682. The molecular formula is C18H17N.